The van der Waals surface area contributed by atoms with Crippen molar-refractivity contribution in [2.24, 2.45) is 5.92 Å². The molecule has 2 rings (SSSR count). The van der Waals surface area contributed by atoms with Gasteiger partial charge in [0.1, 0.15) is 0 Å². The van der Waals surface area contributed by atoms with Gasteiger partial charge in [0.25, 0.3) is 0 Å². The lowest BCUT2D eigenvalue weighted by Gasteiger charge is -2.34. The van der Waals surface area contributed by atoms with Crippen LogP contribution in [-0.2, 0) is 6.54 Å². The van der Waals surface area contributed by atoms with E-state index in [1.54, 1.807) is 0 Å². The third-order valence-electron chi connectivity index (χ3n) is 4.56. The molecule has 20 heavy (non-hydrogen) atoms. The van der Waals surface area contributed by atoms with Crippen LogP contribution in [0.4, 0.5) is 5.82 Å². The molecule has 1 aliphatic rings. The Balaban J connectivity index is 1.90. The summed E-state index contributed by atoms with van der Waals surface area (Å²) in [5.74, 6) is 1.94. The first-order valence-electron chi connectivity index (χ1n) is 8.00. The van der Waals surface area contributed by atoms with Gasteiger partial charge in [-0.2, -0.15) is 5.10 Å². The topological polar surface area (TPSA) is 41.0 Å². The maximum atomic E-state index is 4.38. The van der Waals surface area contributed by atoms with E-state index in [0.717, 1.165) is 30.5 Å². The highest BCUT2D eigenvalue weighted by Gasteiger charge is 2.23. The van der Waals surface area contributed by atoms with Crippen molar-refractivity contribution in [3.05, 3.63) is 17.8 Å². The smallest absolute Gasteiger partial charge is 0.151 e. The third-order valence-corrected chi connectivity index (χ3v) is 4.56. The number of hydrogen-bond donors (Lipinski definition) is 1. The minimum absolute atomic E-state index is 0.631. The van der Waals surface area contributed by atoms with Crippen molar-refractivity contribution in [2.75, 3.05) is 18.5 Å². The van der Waals surface area contributed by atoms with Gasteiger partial charge in [-0.3, -0.25) is 0 Å². The van der Waals surface area contributed by atoms with E-state index in [-0.39, 0.29) is 0 Å². The molecule has 112 valence electrons. The lowest BCUT2D eigenvalue weighted by molar-refractivity contribution is 0.312. The Kier molecular flexibility index (Phi) is 5.77. The van der Waals surface area contributed by atoms with E-state index >= 15 is 0 Å². The van der Waals surface area contributed by atoms with Crippen molar-refractivity contribution in [3.8, 4) is 0 Å². The molecule has 1 heterocycles. The summed E-state index contributed by atoms with van der Waals surface area (Å²) < 4.78 is 0. The number of nitrogens with zero attached hydrogens (tertiary/aromatic N) is 3. The lowest BCUT2D eigenvalue weighted by atomic mass is 9.84. The molecule has 4 nitrogen and oxygen atoms in total. The van der Waals surface area contributed by atoms with Crippen molar-refractivity contribution in [2.45, 2.75) is 58.5 Å². The standard InChI is InChI=1S/C16H28N4/c1-4-13-6-9-15(10-7-13)20(3)16-11-8-14(18-19-16)12-17-5-2/h8,11,13,15,17H,4-7,9-10,12H2,1-3H3. The van der Waals surface area contributed by atoms with Crippen LogP contribution >= 0.6 is 0 Å². The zero-order valence-corrected chi connectivity index (χ0v) is 13.1. The van der Waals surface area contributed by atoms with E-state index in [0.29, 0.717) is 6.04 Å². The van der Waals surface area contributed by atoms with Crippen LogP contribution in [-0.4, -0.2) is 29.8 Å². The van der Waals surface area contributed by atoms with Crippen LogP contribution in [0.3, 0.4) is 0 Å². The van der Waals surface area contributed by atoms with E-state index in [1.165, 1.54) is 32.1 Å². The largest absolute Gasteiger partial charge is 0.355 e. The highest BCUT2D eigenvalue weighted by atomic mass is 15.3. The molecular formula is C16H28N4. The fourth-order valence-corrected chi connectivity index (χ4v) is 3.02. The second-order valence-corrected chi connectivity index (χ2v) is 5.86. The Bertz CT molecular complexity index is 382. The Labute approximate surface area is 123 Å². The molecule has 1 aliphatic carbocycles. The quantitative estimate of drug-likeness (QED) is 0.867. The fraction of sp³-hybridized carbons (Fsp3) is 0.750. The van der Waals surface area contributed by atoms with E-state index in [2.05, 4.69) is 53.4 Å². The number of anilines is 1. The normalized spacial score (nSPS) is 22.8. The van der Waals surface area contributed by atoms with Crippen LogP contribution in [0.25, 0.3) is 0 Å². The molecule has 1 aromatic rings. The maximum absolute atomic E-state index is 4.38. The summed E-state index contributed by atoms with van der Waals surface area (Å²) >= 11 is 0. The molecule has 1 aromatic heterocycles. The highest BCUT2D eigenvalue weighted by Crippen LogP contribution is 2.30. The van der Waals surface area contributed by atoms with Crippen LogP contribution < -0.4 is 10.2 Å². The molecule has 0 amide bonds. The van der Waals surface area contributed by atoms with Crippen LogP contribution in [0, 0.1) is 5.92 Å². The monoisotopic (exact) mass is 276 g/mol. The molecule has 0 aliphatic heterocycles. The van der Waals surface area contributed by atoms with Crippen LogP contribution in [0.1, 0.15) is 51.6 Å². The minimum atomic E-state index is 0.631. The van der Waals surface area contributed by atoms with Gasteiger partial charge in [0.15, 0.2) is 5.82 Å². The van der Waals surface area contributed by atoms with E-state index < -0.39 is 0 Å². The molecule has 1 N–H and O–H groups in total. The fourth-order valence-electron chi connectivity index (χ4n) is 3.02. The average molecular weight is 276 g/mol. The predicted octanol–water partition coefficient (Wildman–Crippen LogP) is 2.99. The zero-order valence-electron chi connectivity index (χ0n) is 13.1. The average Bonchev–Trinajstić information content (AvgIpc) is 2.53. The molecule has 1 saturated carbocycles. The molecule has 0 spiro atoms. The molecule has 1 fully saturated rings. The van der Waals surface area contributed by atoms with Crippen molar-refractivity contribution < 1.29 is 0 Å². The SMILES string of the molecule is CCNCc1ccc(N(C)C2CCC(CC)CC2)nn1. The number of rotatable bonds is 6. The Hall–Kier alpha value is -1.16. The summed E-state index contributed by atoms with van der Waals surface area (Å²) in [5.41, 5.74) is 1.01. The van der Waals surface area contributed by atoms with Gasteiger partial charge in [-0.1, -0.05) is 20.3 Å². The van der Waals surface area contributed by atoms with Gasteiger partial charge in [0.05, 0.1) is 5.69 Å². The van der Waals surface area contributed by atoms with Gasteiger partial charge < -0.3 is 10.2 Å². The number of hydrogen-bond acceptors (Lipinski definition) is 4. The first kappa shape index (κ1) is 15.2. The highest BCUT2D eigenvalue weighted by molar-refractivity contribution is 5.37. The third kappa shape index (κ3) is 3.92. The number of nitrogens with one attached hydrogen (secondary N) is 1. The molecule has 4 heteroatoms. The van der Waals surface area contributed by atoms with Gasteiger partial charge in [0, 0.05) is 19.6 Å². The first-order valence-corrected chi connectivity index (χ1v) is 8.00. The van der Waals surface area contributed by atoms with Gasteiger partial charge in [0.2, 0.25) is 0 Å². The van der Waals surface area contributed by atoms with E-state index in [4.69, 9.17) is 0 Å². The van der Waals surface area contributed by atoms with E-state index in [9.17, 15) is 0 Å². The lowest BCUT2D eigenvalue weighted by Crippen LogP contribution is -2.35. The van der Waals surface area contributed by atoms with Gasteiger partial charge in [-0.25, -0.2) is 0 Å². The molecule has 0 saturated heterocycles. The molecule has 0 atom stereocenters. The molecule has 0 bridgehead atoms. The van der Waals surface area contributed by atoms with Gasteiger partial charge in [-0.15, -0.1) is 5.10 Å². The summed E-state index contributed by atoms with van der Waals surface area (Å²) in [6.07, 6.45) is 6.62. The number of aromatic nitrogens is 2. The van der Waals surface area contributed by atoms with Gasteiger partial charge in [-0.05, 0) is 50.3 Å². The van der Waals surface area contributed by atoms with Crippen LogP contribution in [0.5, 0.6) is 0 Å². The first-order chi connectivity index (χ1) is 9.74. The van der Waals surface area contributed by atoms with Crippen molar-refractivity contribution in [3.63, 3.8) is 0 Å². The Morgan fingerprint density at radius 3 is 2.45 bits per heavy atom. The summed E-state index contributed by atoms with van der Waals surface area (Å²) in [6.45, 7) is 6.17. The van der Waals surface area contributed by atoms with E-state index in [1.807, 2.05) is 0 Å². The summed E-state index contributed by atoms with van der Waals surface area (Å²) in [7, 11) is 2.16. The van der Waals surface area contributed by atoms with Crippen molar-refractivity contribution in [1.29, 1.82) is 0 Å². The van der Waals surface area contributed by atoms with Crippen molar-refractivity contribution in [1.82, 2.24) is 15.5 Å². The molecule has 0 aromatic carbocycles. The van der Waals surface area contributed by atoms with Crippen LogP contribution in [0.15, 0.2) is 12.1 Å². The zero-order chi connectivity index (χ0) is 14.4. The van der Waals surface area contributed by atoms with Gasteiger partial charge >= 0.3 is 0 Å². The second-order valence-electron chi connectivity index (χ2n) is 5.86. The maximum Gasteiger partial charge on any atom is 0.151 e. The Morgan fingerprint density at radius 2 is 1.90 bits per heavy atom. The Morgan fingerprint density at radius 1 is 1.15 bits per heavy atom. The molecular weight excluding hydrogens is 248 g/mol. The summed E-state index contributed by atoms with van der Waals surface area (Å²) in [6, 6.07) is 4.82. The molecule has 0 unspecified atom stereocenters. The second kappa shape index (κ2) is 7.58. The summed E-state index contributed by atoms with van der Waals surface area (Å²) in [4.78, 5) is 2.32. The minimum Gasteiger partial charge on any atom is -0.355 e. The molecule has 0 radical (unpaired) electrons. The predicted molar refractivity (Wildman–Crippen MR) is 83.9 cm³/mol. The summed E-state index contributed by atoms with van der Waals surface area (Å²) in [5, 5.41) is 12.0. The van der Waals surface area contributed by atoms with Crippen molar-refractivity contribution >= 4 is 5.82 Å². The van der Waals surface area contributed by atoms with Crippen LogP contribution in [0.2, 0.25) is 0 Å².